The Morgan fingerprint density at radius 1 is 1.22 bits per heavy atom. The summed E-state index contributed by atoms with van der Waals surface area (Å²) in [5, 5.41) is 5.49. The molecule has 144 valence electrons. The molecule has 2 aromatic rings. The molecule has 0 bridgehead atoms. The predicted octanol–water partition coefficient (Wildman–Crippen LogP) is 3.39. The Bertz CT molecular complexity index is 832. The molecule has 8 heteroatoms. The zero-order valence-electron chi connectivity index (χ0n) is 15.3. The second kappa shape index (κ2) is 9.34. The first-order valence-corrected chi connectivity index (χ1v) is 8.58. The van der Waals surface area contributed by atoms with E-state index in [-0.39, 0.29) is 23.4 Å². The first kappa shape index (κ1) is 20.7. The summed E-state index contributed by atoms with van der Waals surface area (Å²) < 4.78 is 18.2. The van der Waals surface area contributed by atoms with Crippen molar-refractivity contribution < 1.29 is 18.7 Å². The van der Waals surface area contributed by atoms with Crippen LogP contribution < -0.4 is 15.4 Å². The van der Waals surface area contributed by atoms with Gasteiger partial charge in [0, 0.05) is 11.8 Å². The molecule has 0 spiro atoms. The van der Waals surface area contributed by atoms with Crippen molar-refractivity contribution in [2.75, 3.05) is 31.3 Å². The second-order valence-electron chi connectivity index (χ2n) is 5.98. The molecule has 2 aromatic carbocycles. The van der Waals surface area contributed by atoms with Crippen LogP contribution in [-0.4, -0.2) is 43.5 Å². The molecule has 0 aliphatic heterocycles. The summed E-state index contributed by atoms with van der Waals surface area (Å²) in [5.41, 5.74) is 0.909. The lowest BCUT2D eigenvalue weighted by molar-refractivity contribution is -0.122. The van der Waals surface area contributed by atoms with E-state index in [1.54, 1.807) is 50.2 Å². The average Bonchev–Trinajstić information content (AvgIpc) is 2.63. The highest BCUT2D eigenvalue weighted by atomic mass is 35.5. The Hall–Kier alpha value is -2.64. The number of ether oxygens (including phenoxy) is 1. The van der Waals surface area contributed by atoms with Crippen LogP contribution in [0, 0.1) is 5.82 Å². The van der Waals surface area contributed by atoms with Crippen molar-refractivity contribution in [2.24, 2.45) is 0 Å². The second-order valence-corrected chi connectivity index (χ2v) is 6.39. The SMILES string of the molecule is COc1cccc(NC(=O)CN(C)[C@@H](C)C(=O)Nc2ccc(F)cc2Cl)c1. The molecule has 0 heterocycles. The summed E-state index contributed by atoms with van der Waals surface area (Å²) in [4.78, 5) is 26.2. The minimum atomic E-state index is -0.609. The molecule has 27 heavy (non-hydrogen) atoms. The molecule has 0 unspecified atom stereocenters. The quantitative estimate of drug-likeness (QED) is 0.756. The van der Waals surface area contributed by atoms with Crippen molar-refractivity contribution in [3.05, 3.63) is 53.3 Å². The Kier molecular flexibility index (Phi) is 7.15. The molecule has 0 saturated heterocycles. The van der Waals surface area contributed by atoms with E-state index >= 15 is 0 Å². The molecule has 2 amide bonds. The number of benzene rings is 2. The van der Waals surface area contributed by atoms with Crippen molar-refractivity contribution >= 4 is 34.8 Å². The largest absolute Gasteiger partial charge is 0.497 e. The summed E-state index contributed by atoms with van der Waals surface area (Å²) in [7, 11) is 3.20. The first-order chi connectivity index (χ1) is 12.8. The monoisotopic (exact) mass is 393 g/mol. The molecule has 0 aliphatic rings. The van der Waals surface area contributed by atoms with Gasteiger partial charge in [0.25, 0.3) is 0 Å². The zero-order chi connectivity index (χ0) is 20.0. The zero-order valence-corrected chi connectivity index (χ0v) is 16.0. The maximum atomic E-state index is 13.1. The third kappa shape index (κ3) is 5.94. The Morgan fingerprint density at radius 2 is 1.96 bits per heavy atom. The molecule has 0 aromatic heterocycles. The molecule has 2 N–H and O–H groups in total. The third-order valence-electron chi connectivity index (χ3n) is 3.98. The Morgan fingerprint density at radius 3 is 2.63 bits per heavy atom. The van der Waals surface area contributed by atoms with Crippen molar-refractivity contribution in [1.29, 1.82) is 0 Å². The van der Waals surface area contributed by atoms with E-state index in [1.807, 2.05) is 0 Å². The molecular weight excluding hydrogens is 373 g/mol. The lowest BCUT2D eigenvalue weighted by atomic mass is 10.2. The van der Waals surface area contributed by atoms with Gasteiger partial charge in [-0.1, -0.05) is 17.7 Å². The number of carbonyl (C=O) groups is 2. The number of hydrogen-bond acceptors (Lipinski definition) is 4. The van der Waals surface area contributed by atoms with Gasteiger partial charge in [-0.25, -0.2) is 4.39 Å². The van der Waals surface area contributed by atoms with Gasteiger partial charge in [-0.05, 0) is 44.3 Å². The van der Waals surface area contributed by atoms with Gasteiger partial charge in [-0.2, -0.15) is 0 Å². The van der Waals surface area contributed by atoms with Crippen molar-refractivity contribution in [3.63, 3.8) is 0 Å². The fourth-order valence-electron chi connectivity index (χ4n) is 2.29. The maximum Gasteiger partial charge on any atom is 0.241 e. The van der Waals surface area contributed by atoms with E-state index in [2.05, 4.69) is 10.6 Å². The number of methoxy groups -OCH3 is 1. The van der Waals surface area contributed by atoms with Crippen LogP contribution in [-0.2, 0) is 9.59 Å². The van der Waals surface area contributed by atoms with Crippen molar-refractivity contribution in [2.45, 2.75) is 13.0 Å². The Labute approximate surface area is 162 Å². The number of nitrogens with zero attached hydrogens (tertiary/aromatic N) is 1. The number of likely N-dealkylation sites (N-methyl/N-ethyl adjacent to an activating group) is 1. The minimum Gasteiger partial charge on any atom is -0.497 e. The number of nitrogens with one attached hydrogen (secondary N) is 2. The topological polar surface area (TPSA) is 70.7 Å². The van der Waals surface area contributed by atoms with Crippen LogP contribution in [0.3, 0.4) is 0 Å². The van der Waals surface area contributed by atoms with Crippen LogP contribution >= 0.6 is 11.6 Å². The minimum absolute atomic E-state index is 0.00292. The summed E-state index contributed by atoms with van der Waals surface area (Å²) in [6, 6.07) is 10.1. The standard InChI is InChI=1S/C19H21ClFN3O3/c1-12(19(26)23-17-8-7-13(21)9-16(17)20)24(2)11-18(25)22-14-5-4-6-15(10-14)27-3/h4-10,12H,11H2,1-3H3,(H,22,25)(H,23,26)/t12-/m0/s1. The lowest BCUT2D eigenvalue weighted by Gasteiger charge is -2.23. The molecule has 0 radical (unpaired) electrons. The van der Waals surface area contributed by atoms with E-state index in [1.165, 1.54) is 12.1 Å². The van der Waals surface area contributed by atoms with Crippen molar-refractivity contribution in [1.82, 2.24) is 4.90 Å². The fraction of sp³-hybridized carbons (Fsp3) is 0.263. The Balaban J connectivity index is 1.92. The lowest BCUT2D eigenvalue weighted by Crippen LogP contribution is -2.43. The van der Waals surface area contributed by atoms with Gasteiger partial charge in [0.15, 0.2) is 0 Å². The molecular formula is C19H21ClFN3O3. The fourth-order valence-corrected chi connectivity index (χ4v) is 2.51. The number of halogens is 2. The number of rotatable bonds is 7. The predicted molar refractivity (Wildman–Crippen MR) is 104 cm³/mol. The summed E-state index contributed by atoms with van der Waals surface area (Å²) in [6.45, 7) is 1.66. The van der Waals surface area contributed by atoms with Gasteiger partial charge in [-0.15, -0.1) is 0 Å². The van der Waals surface area contributed by atoms with Gasteiger partial charge in [0.05, 0.1) is 30.4 Å². The highest BCUT2D eigenvalue weighted by Crippen LogP contribution is 2.22. The van der Waals surface area contributed by atoms with Crippen LogP contribution in [0.5, 0.6) is 5.75 Å². The van der Waals surface area contributed by atoms with Crippen LogP contribution in [0.25, 0.3) is 0 Å². The van der Waals surface area contributed by atoms with Crippen molar-refractivity contribution in [3.8, 4) is 5.75 Å². The maximum absolute atomic E-state index is 13.1. The van der Waals surface area contributed by atoms with Gasteiger partial charge in [-0.3, -0.25) is 14.5 Å². The highest BCUT2D eigenvalue weighted by Gasteiger charge is 2.21. The van der Waals surface area contributed by atoms with Crippen LogP contribution in [0.4, 0.5) is 15.8 Å². The summed E-state index contributed by atoms with van der Waals surface area (Å²) in [6.07, 6.45) is 0. The molecule has 1 atom stereocenters. The first-order valence-electron chi connectivity index (χ1n) is 8.20. The average molecular weight is 394 g/mol. The van der Waals surface area contributed by atoms with E-state index < -0.39 is 11.9 Å². The van der Waals surface area contributed by atoms with Gasteiger partial charge in [0.1, 0.15) is 11.6 Å². The molecule has 0 aliphatic carbocycles. The van der Waals surface area contributed by atoms with Crippen LogP contribution in [0.15, 0.2) is 42.5 Å². The molecule has 2 rings (SSSR count). The number of amides is 2. The van der Waals surface area contributed by atoms with Gasteiger partial charge < -0.3 is 15.4 Å². The summed E-state index contributed by atoms with van der Waals surface area (Å²) >= 11 is 5.91. The van der Waals surface area contributed by atoms with E-state index in [9.17, 15) is 14.0 Å². The van der Waals surface area contributed by atoms with E-state index in [4.69, 9.17) is 16.3 Å². The van der Waals surface area contributed by atoms with E-state index in [0.717, 1.165) is 6.07 Å². The van der Waals surface area contributed by atoms with E-state index in [0.29, 0.717) is 17.1 Å². The third-order valence-corrected chi connectivity index (χ3v) is 4.29. The van der Waals surface area contributed by atoms with Gasteiger partial charge >= 0.3 is 0 Å². The van der Waals surface area contributed by atoms with Crippen LogP contribution in [0.1, 0.15) is 6.92 Å². The highest BCUT2D eigenvalue weighted by molar-refractivity contribution is 6.33. The molecule has 0 saturated carbocycles. The molecule has 6 nitrogen and oxygen atoms in total. The normalized spacial score (nSPS) is 11.8. The summed E-state index contributed by atoms with van der Waals surface area (Å²) in [5.74, 6) is -0.493. The number of anilines is 2. The smallest absolute Gasteiger partial charge is 0.241 e. The molecule has 0 fully saturated rings. The van der Waals surface area contributed by atoms with Crippen LogP contribution in [0.2, 0.25) is 5.02 Å². The number of carbonyl (C=O) groups excluding carboxylic acids is 2. The van der Waals surface area contributed by atoms with Gasteiger partial charge in [0.2, 0.25) is 11.8 Å². The number of hydrogen-bond donors (Lipinski definition) is 2.